The van der Waals surface area contributed by atoms with Crippen molar-refractivity contribution >= 4 is 5.97 Å². The van der Waals surface area contributed by atoms with E-state index in [2.05, 4.69) is 16.8 Å². The van der Waals surface area contributed by atoms with Crippen LogP contribution in [0.3, 0.4) is 0 Å². The normalized spacial score (nSPS) is 15.7. The van der Waals surface area contributed by atoms with Crippen LogP contribution in [0.1, 0.15) is 26.0 Å². The molecular formula is C15H25N3O2. The molecule has 0 radical (unpaired) electrons. The Kier molecular flexibility index (Phi) is 6.10. The van der Waals surface area contributed by atoms with Crippen molar-refractivity contribution in [3.8, 4) is 0 Å². The molecule has 0 bridgehead atoms. The van der Waals surface area contributed by atoms with Gasteiger partial charge in [-0.3, -0.25) is 9.78 Å². The number of carbonyl (C=O) groups excluding carboxylic acids is 1. The number of likely N-dealkylation sites (N-methyl/N-ethyl adjacent to an activating group) is 1. The number of methoxy groups -OCH3 is 1. The molecule has 0 spiro atoms. The van der Waals surface area contributed by atoms with Gasteiger partial charge in [-0.05, 0) is 39.4 Å². The Bertz CT molecular complexity index is 420. The Morgan fingerprint density at radius 3 is 2.80 bits per heavy atom. The Balaban J connectivity index is 2.47. The fraction of sp³-hybridized carbons (Fsp3) is 0.600. The van der Waals surface area contributed by atoms with E-state index in [0.29, 0.717) is 6.42 Å². The average molecular weight is 279 g/mol. The molecule has 5 heteroatoms. The number of carbonyl (C=O) groups is 1. The first kappa shape index (κ1) is 16.6. The van der Waals surface area contributed by atoms with Crippen LogP contribution < -0.4 is 5.73 Å². The maximum atomic E-state index is 11.6. The molecule has 0 saturated heterocycles. The second-order valence-electron chi connectivity index (χ2n) is 5.51. The Morgan fingerprint density at radius 2 is 2.25 bits per heavy atom. The quantitative estimate of drug-likeness (QED) is 0.760. The maximum absolute atomic E-state index is 11.6. The molecule has 0 aliphatic heterocycles. The van der Waals surface area contributed by atoms with Crippen molar-refractivity contribution in [3.05, 3.63) is 30.1 Å². The fourth-order valence-corrected chi connectivity index (χ4v) is 2.14. The van der Waals surface area contributed by atoms with Crippen molar-refractivity contribution in [3.63, 3.8) is 0 Å². The van der Waals surface area contributed by atoms with Gasteiger partial charge in [0.1, 0.15) is 5.54 Å². The number of ether oxygens (including phenoxy) is 1. The highest BCUT2D eigenvalue weighted by Crippen LogP contribution is 2.14. The number of hydrogen-bond donors (Lipinski definition) is 1. The Morgan fingerprint density at radius 1 is 1.55 bits per heavy atom. The second-order valence-corrected chi connectivity index (χ2v) is 5.51. The molecule has 5 nitrogen and oxygen atoms in total. The van der Waals surface area contributed by atoms with Crippen molar-refractivity contribution in [2.24, 2.45) is 5.73 Å². The Labute approximate surface area is 121 Å². The van der Waals surface area contributed by atoms with Crippen molar-refractivity contribution < 1.29 is 9.53 Å². The minimum Gasteiger partial charge on any atom is -0.468 e. The third-order valence-electron chi connectivity index (χ3n) is 3.57. The lowest BCUT2D eigenvalue weighted by Crippen LogP contribution is -2.50. The zero-order valence-corrected chi connectivity index (χ0v) is 12.8. The molecule has 1 aromatic heterocycles. The van der Waals surface area contributed by atoms with Crippen molar-refractivity contribution in [1.82, 2.24) is 9.88 Å². The van der Waals surface area contributed by atoms with Gasteiger partial charge in [0.15, 0.2) is 0 Å². The Hall–Kier alpha value is -1.46. The molecule has 1 rings (SSSR count). The summed E-state index contributed by atoms with van der Waals surface area (Å²) >= 11 is 0. The number of hydrogen-bond acceptors (Lipinski definition) is 5. The second kappa shape index (κ2) is 7.36. The minimum absolute atomic E-state index is 0.188. The van der Waals surface area contributed by atoms with Gasteiger partial charge in [0.2, 0.25) is 0 Å². The van der Waals surface area contributed by atoms with Crippen LogP contribution in [0.5, 0.6) is 0 Å². The summed E-state index contributed by atoms with van der Waals surface area (Å²) in [4.78, 5) is 18.1. The highest BCUT2D eigenvalue weighted by atomic mass is 16.5. The molecule has 20 heavy (non-hydrogen) atoms. The van der Waals surface area contributed by atoms with Crippen LogP contribution in [0, 0.1) is 0 Å². The first-order valence-corrected chi connectivity index (χ1v) is 6.84. The third kappa shape index (κ3) is 4.90. The van der Waals surface area contributed by atoms with Gasteiger partial charge in [-0.2, -0.15) is 0 Å². The van der Waals surface area contributed by atoms with Crippen LogP contribution in [0.2, 0.25) is 0 Å². The average Bonchev–Trinajstić information content (AvgIpc) is 2.44. The third-order valence-corrected chi connectivity index (χ3v) is 3.57. The SMILES string of the molecule is COC(=O)C(C)(N)CC(C)N(C)CCc1ccccn1. The summed E-state index contributed by atoms with van der Waals surface area (Å²) in [7, 11) is 3.39. The van der Waals surface area contributed by atoms with E-state index in [4.69, 9.17) is 10.5 Å². The van der Waals surface area contributed by atoms with Gasteiger partial charge in [0.05, 0.1) is 7.11 Å². The van der Waals surface area contributed by atoms with E-state index in [1.807, 2.05) is 25.2 Å². The van der Waals surface area contributed by atoms with Crippen molar-refractivity contribution in [2.45, 2.75) is 38.3 Å². The molecule has 2 atom stereocenters. The predicted octanol–water partition coefficient (Wildman–Crippen LogP) is 1.22. The molecule has 0 aliphatic carbocycles. The lowest BCUT2D eigenvalue weighted by Gasteiger charge is -2.31. The van der Waals surface area contributed by atoms with E-state index < -0.39 is 5.54 Å². The lowest BCUT2D eigenvalue weighted by atomic mass is 9.94. The fourth-order valence-electron chi connectivity index (χ4n) is 2.14. The van der Waals surface area contributed by atoms with Crippen LogP contribution in [0.15, 0.2) is 24.4 Å². The number of aromatic nitrogens is 1. The predicted molar refractivity (Wildman–Crippen MR) is 79.3 cm³/mol. The molecule has 0 aromatic carbocycles. The maximum Gasteiger partial charge on any atom is 0.325 e. The summed E-state index contributed by atoms with van der Waals surface area (Å²) in [6.07, 6.45) is 3.23. The topological polar surface area (TPSA) is 68.5 Å². The monoisotopic (exact) mass is 279 g/mol. The van der Waals surface area contributed by atoms with Gasteiger partial charge >= 0.3 is 5.97 Å². The molecule has 2 unspecified atom stereocenters. The molecule has 0 saturated carbocycles. The summed E-state index contributed by atoms with van der Waals surface area (Å²) in [5.74, 6) is -0.373. The molecular weight excluding hydrogens is 254 g/mol. The summed E-state index contributed by atoms with van der Waals surface area (Å²) in [6.45, 7) is 4.64. The highest BCUT2D eigenvalue weighted by Gasteiger charge is 2.32. The molecule has 0 aliphatic rings. The smallest absolute Gasteiger partial charge is 0.325 e. The zero-order valence-electron chi connectivity index (χ0n) is 12.8. The van der Waals surface area contributed by atoms with Crippen LogP contribution in [-0.2, 0) is 16.0 Å². The van der Waals surface area contributed by atoms with Crippen LogP contribution in [-0.4, -0.2) is 48.1 Å². The summed E-state index contributed by atoms with van der Waals surface area (Å²) < 4.78 is 4.73. The highest BCUT2D eigenvalue weighted by molar-refractivity contribution is 5.79. The van der Waals surface area contributed by atoms with E-state index in [0.717, 1.165) is 18.7 Å². The van der Waals surface area contributed by atoms with Gasteiger partial charge in [-0.25, -0.2) is 0 Å². The lowest BCUT2D eigenvalue weighted by molar-refractivity contribution is -0.147. The number of nitrogens with zero attached hydrogens (tertiary/aromatic N) is 2. The van der Waals surface area contributed by atoms with Gasteiger partial charge in [0.25, 0.3) is 0 Å². The van der Waals surface area contributed by atoms with Crippen LogP contribution in [0.25, 0.3) is 0 Å². The molecule has 1 aromatic rings. The zero-order chi connectivity index (χ0) is 15.2. The van der Waals surface area contributed by atoms with Crippen LogP contribution >= 0.6 is 0 Å². The molecule has 0 fully saturated rings. The largest absolute Gasteiger partial charge is 0.468 e. The standard InChI is InChI=1S/C15H25N3O2/c1-12(11-15(2,16)14(19)20-4)18(3)10-8-13-7-5-6-9-17-13/h5-7,9,12H,8,10-11,16H2,1-4H3. The first-order valence-electron chi connectivity index (χ1n) is 6.84. The minimum atomic E-state index is -0.951. The molecule has 0 amide bonds. The summed E-state index contributed by atoms with van der Waals surface area (Å²) in [5.41, 5.74) is 6.12. The van der Waals surface area contributed by atoms with E-state index >= 15 is 0 Å². The van der Waals surface area contributed by atoms with E-state index in [1.165, 1.54) is 7.11 Å². The first-order chi connectivity index (χ1) is 9.36. The number of esters is 1. The molecule has 1 heterocycles. The van der Waals surface area contributed by atoms with Crippen LogP contribution in [0.4, 0.5) is 0 Å². The van der Waals surface area contributed by atoms with Gasteiger partial charge in [-0.1, -0.05) is 6.07 Å². The van der Waals surface area contributed by atoms with Crippen molar-refractivity contribution in [2.75, 3.05) is 20.7 Å². The molecule has 2 N–H and O–H groups in total. The van der Waals surface area contributed by atoms with Gasteiger partial charge in [0, 0.05) is 30.9 Å². The van der Waals surface area contributed by atoms with Gasteiger partial charge in [-0.15, -0.1) is 0 Å². The van der Waals surface area contributed by atoms with E-state index in [-0.39, 0.29) is 12.0 Å². The number of nitrogens with two attached hydrogens (primary N) is 1. The summed E-state index contributed by atoms with van der Waals surface area (Å²) in [5, 5.41) is 0. The number of rotatable bonds is 7. The van der Waals surface area contributed by atoms with E-state index in [1.54, 1.807) is 13.1 Å². The number of pyridine rings is 1. The van der Waals surface area contributed by atoms with E-state index in [9.17, 15) is 4.79 Å². The summed E-state index contributed by atoms with van der Waals surface area (Å²) in [6, 6.07) is 6.10. The van der Waals surface area contributed by atoms with Gasteiger partial charge < -0.3 is 15.4 Å². The molecule has 112 valence electrons. The van der Waals surface area contributed by atoms with Crippen molar-refractivity contribution in [1.29, 1.82) is 0 Å².